The maximum atomic E-state index is 12.4. The number of nitrogens with zero attached hydrogens (tertiary/aromatic N) is 1. The van der Waals surface area contributed by atoms with Crippen molar-refractivity contribution < 1.29 is 35.5 Å². The molecule has 1 aromatic heterocycles. The minimum absolute atomic E-state index is 0.192. The van der Waals surface area contributed by atoms with Crippen LogP contribution in [0.15, 0.2) is 6.07 Å². The van der Waals surface area contributed by atoms with Crippen molar-refractivity contribution in [2.24, 2.45) is 0 Å². The summed E-state index contributed by atoms with van der Waals surface area (Å²) in [5.41, 5.74) is -2.51. The summed E-state index contributed by atoms with van der Waals surface area (Å²) in [6, 6.07) is 0.443. The molecule has 0 aliphatic rings. The lowest BCUT2D eigenvalue weighted by Gasteiger charge is -2.15. The molecule has 2 nitrogen and oxygen atoms in total. The maximum Gasteiger partial charge on any atom is 0.573 e. The quantitative estimate of drug-likeness (QED) is 0.562. The number of aromatic nitrogens is 1. The molecular formula is C8H3F7INO. The van der Waals surface area contributed by atoms with E-state index in [1.54, 1.807) is 0 Å². The molecule has 10 heteroatoms. The number of rotatable bonds is 2. The summed E-state index contributed by atoms with van der Waals surface area (Å²) in [5, 5.41) is 0. The van der Waals surface area contributed by atoms with E-state index in [2.05, 4.69) is 9.72 Å². The Labute approximate surface area is 109 Å². The molecule has 0 atom stereocenters. The summed E-state index contributed by atoms with van der Waals surface area (Å²) in [6.07, 6.45) is -10.5. The van der Waals surface area contributed by atoms with E-state index in [4.69, 9.17) is 0 Å². The van der Waals surface area contributed by atoms with Crippen LogP contribution in [-0.4, -0.2) is 11.3 Å². The summed E-state index contributed by atoms with van der Waals surface area (Å²) in [7, 11) is 0. The lowest BCUT2D eigenvalue weighted by Crippen LogP contribution is -2.21. The highest BCUT2D eigenvalue weighted by Crippen LogP contribution is 2.38. The van der Waals surface area contributed by atoms with E-state index >= 15 is 0 Å². The summed E-state index contributed by atoms with van der Waals surface area (Å²) < 4.78 is 88.5. The van der Waals surface area contributed by atoms with Crippen molar-refractivity contribution in [3.8, 4) is 5.75 Å². The van der Waals surface area contributed by atoms with E-state index in [0.29, 0.717) is 6.07 Å². The second kappa shape index (κ2) is 5.05. The van der Waals surface area contributed by atoms with Gasteiger partial charge in [-0.2, -0.15) is 13.2 Å². The highest BCUT2D eigenvalue weighted by atomic mass is 127. The van der Waals surface area contributed by atoms with Crippen LogP contribution in [-0.2, 0) is 12.9 Å². The molecule has 1 aromatic rings. The van der Waals surface area contributed by atoms with Gasteiger partial charge < -0.3 is 4.74 Å². The smallest absolute Gasteiger partial charge is 0.403 e. The number of hydrogen-bond donors (Lipinski definition) is 0. The van der Waals surface area contributed by atoms with E-state index in [1.807, 2.05) is 0 Å². The molecule has 0 aliphatic heterocycles. The number of alkyl halides is 7. The van der Waals surface area contributed by atoms with Crippen LogP contribution in [0, 0.1) is 3.57 Å². The van der Waals surface area contributed by atoms with Crippen molar-refractivity contribution in [3.05, 3.63) is 21.0 Å². The molecule has 0 fully saturated rings. The molecule has 0 aromatic carbocycles. The third-order valence-electron chi connectivity index (χ3n) is 1.63. The fourth-order valence-corrected chi connectivity index (χ4v) is 1.56. The Morgan fingerprint density at radius 2 is 1.72 bits per heavy atom. The van der Waals surface area contributed by atoms with E-state index in [-0.39, 0.29) is 3.57 Å². The van der Waals surface area contributed by atoms with Crippen LogP contribution in [0.25, 0.3) is 0 Å². The standard InChI is InChI=1S/C8H3F7INO/c9-2-4-3(16)1-5(18-8(13,14)15)6(17-4)7(10,11)12/h1H,2H2. The third kappa shape index (κ3) is 3.85. The second-order valence-electron chi connectivity index (χ2n) is 2.94. The van der Waals surface area contributed by atoms with Gasteiger partial charge in [0.15, 0.2) is 11.4 Å². The Morgan fingerprint density at radius 3 is 2.11 bits per heavy atom. The molecule has 0 bridgehead atoms. The fourth-order valence-electron chi connectivity index (χ4n) is 1.01. The Morgan fingerprint density at radius 1 is 1.17 bits per heavy atom. The Hall–Kier alpha value is -0.810. The van der Waals surface area contributed by atoms with Gasteiger partial charge in [0.1, 0.15) is 6.67 Å². The Kier molecular flexibility index (Phi) is 4.28. The summed E-state index contributed by atoms with van der Waals surface area (Å²) >= 11 is 1.37. The van der Waals surface area contributed by atoms with Gasteiger partial charge in [0, 0.05) is 3.57 Å². The number of ether oxygens (including phenoxy) is 1. The van der Waals surface area contributed by atoms with Gasteiger partial charge in [-0.05, 0) is 28.7 Å². The number of pyridine rings is 1. The van der Waals surface area contributed by atoms with Gasteiger partial charge in [-0.1, -0.05) is 0 Å². The van der Waals surface area contributed by atoms with Crippen molar-refractivity contribution in [1.29, 1.82) is 0 Å². The van der Waals surface area contributed by atoms with E-state index < -0.39 is 36.4 Å². The zero-order valence-electron chi connectivity index (χ0n) is 8.16. The van der Waals surface area contributed by atoms with Crippen LogP contribution in [0.3, 0.4) is 0 Å². The Balaban J connectivity index is 3.35. The lowest BCUT2D eigenvalue weighted by atomic mass is 10.2. The van der Waals surface area contributed by atoms with Crippen molar-refractivity contribution >= 4 is 22.6 Å². The molecular weight excluding hydrogens is 386 g/mol. The number of halogens is 8. The van der Waals surface area contributed by atoms with Crippen LogP contribution >= 0.6 is 22.6 Å². The van der Waals surface area contributed by atoms with E-state index in [0.717, 1.165) is 0 Å². The van der Waals surface area contributed by atoms with Crippen molar-refractivity contribution in [3.63, 3.8) is 0 Å². The summed E-state index contributed by atoms with van der Waals surface area (Å²) in [5.74, 6) is -1.50. The molecule has 102 valence electrons. The summed E-state index contributed by atoms with van der Waals surface area (Å²) in [4.78, 5) is 2.81. The highest BCUT2D eigenvalue weighted by Gasteiger charge is 2.41. The van der Waals surface area contributed by atoms with E-state index in [1.165, 1.54) is 22.6 Å². The molecule has 0 saturated carbocycles. The highest BCUT2D eigenvalue weighted by molar-refractivity contribution is 14.1. The largest absolute Gasteiger partial charge is 0.573 e. The molecule has 0 saturated heterocycles. The normalized spacial score (nSPS) is 12.7. The molecule has 1 rings (SSSR count). The Bertz CT molecular complexity index is 442. The molecule has 1 heterocycles. The van der Waals surface area contributed by atoms with Crippen LogP contribution < -0.4 is 4.74 Å². The first-order chi connectivity index (χ1) is 8.04. The molecule has 0 aliphatic carbocycles. The van der Waals surface area contributed by atoms with E-state index in [9.17, 15) is 30.7 Å². The first-order valence-corrected chi connectivity index (χ1v) is 5.21. The van der Waals surface area contributed by atoms with Crippen LogP contribution in [0.1, 0.15) is 11.4 Å². The van der Waals surface area contributed by atoms with Gasteiger partial charge in [0.05, 0.1) is 5.69 Å². The summed E-state index contributed by atoms with van der Waals surface area (Å²) in [6.45, 7) is -1.33. The zero-order chi connectivity index (χ0) is 14.1. The maximum absolute atomic E-state index is 12.4. The van der Waals surface area contributed by atoms with Crippen molar-refractivity contribution in [2.75, 3.05) is 0 Å². The van der Waals surface area contributed by atoms with Gasteiger partial charge in [-0.15, -0.1) is 13.2 Å². The SMILES string of the molecule is FCc1nc(C(F)(F)F)c(OC(F)(F)F)cc1I. The van der Waals surface area contributed by atoms with Crippen LogP contribution in [0.4, 0.5) is 30.7 Å². The first kappa shape index (κ1) is 15.2. The minimum Gasteiger partial charge on any atom is -0.403 e. The van der Waals surface area contributed by atoms with Crippen molar-refractivity contribution in [2.45, 2.75) is 19.2 Å². The predicted molar refractivity (Wildman–Crippen MR) is 53.5 cm³/mol. The molecule has 0 N–H and O–H groups in total. The average Bonchev–Trinajstić information content (AvgIpc) is 2.13. The fraction of sp³-hybridized carbons (Fsp3) is 0.375. The average molecular weight is 389 g/mol. The molecule has 18 heavy (non-hydrogen) atoms. The molecule has 0 spiro atoms. The predicted octanol–water partition coefficient (Wildman–Crippen LogP) is 4.07. The minimum atomic E-state index is -5.29. The second-order valence-corrected chi connectivity index (χ2v) is 4.11. The molecule has 0 amide bonds. The monoisotopic (exact) mass is 389 g/mol. The third-order valence-corrected chi connectivity index (χ3v) is 2.57. The van der Waals surface area contributed by atoms with Crippen LogP contribution in [0.5, 0.6) is 5.75 Å². The number of hydrogen-bond acceptors (Lipinski definition) is 2. The van der Waals surface area contributed by atoms with Gasteiger partial charge in [0.2, 0.25) is 0 Å². The zero-order valence-corrected chi connectivity index (χ0v) is 10.3. The van der Waals surface area contributed by atoms with Crippen LogP contribution in [0.2, 0.25) is 0 Å². The van der Waals surface area contributed by atoms with Gasteiger partial charge >= 0.3 is 12.5 Å². The van der Waals surface area contributed by atoms with Gasteiger partial charge in [0.25, 0.3) is 0 Å². The van der Waals surface area contributed by atoms with Crippen molar-refractivity contribution in [1.82, 2.24) is 4.98 Å². The molecule has 0 unspecified atom stereocenters. The topological polar surface area (TPSA) is 22.1 Å². The van der Waals surface area contributed by atoms with Gasteiger partial charge in [-0.3, -0.25) is 0 Å². The molecule has 0 radical (unpaired) electrons. The first-order valence-electron chi connectivity index (χ1n) is 4.13. The lowest BCUT2D eigenvalue weighted by molar-refractivity contribution is -0.276. The van der Waals surface area contributed by atoms with Gasteiger partial charge in [-0.25, -0.2) is 9.37 Å².